The van der Waals surface area contributed by atoms with Crippen molar-refractivity contribution < 1.29 is 62.6 Å². The molecule has 2 aliphatic rings. The number of carbonyl (C=O) groups excluding carboxylic acids is 12. The third kappa shape index (κ3) is 21.9. The van der Waals surface area contributed by atoms with Crippen molar-refractivity contribution in [2.75, 3.05) is 19.7 Å². The van der Waals surface area contributed by atoms with E-state index in [1.807, 2.05) is 41.5 Å². The number of amides is 12. The fraction of sp³-hybridized carbons (Fsp3) is 0.793. The van der Waals surface area contributed by atoms with Gasteiger partial charge in [-0.05, 0) is 116 Å². The topological polar surface area (TPSA) is 366 Å². The first-order chi connectivity index (χ1) is 38.3. The van der Waals surface area contributed by atoms with Gasteiger partial charge < -0.3 is 68.5 Å². The first kappa shape index (κ1) is 72.7. The van der Waals surface area contributed by atoms with Gasteiger partial charge in [0.2, 0.25) is 70.9 Å². The van der Waals surface area contributed by atoms with E-state index in [0.717, 1.165) is 0 Å². The summed E-state index contributed by atoms with van der Waals surface area (Å²) in [6.45, 7) is 28.5. The molecule has 2 fully saturated rings. The second-order valence-corrected chi connectivity index (χ2v) is 25.7. The average molecular weight is 1180 g/mol. The molecule has 0 radical (unpaired) electrons. The van der Waals surface area contributed by atoms with Crippen LogP contribution in [0.5, 0.6) is 0 Å². The van der Waals surface area contributed by atoms with Gasteiger partial charge in [0.15, 0.2) is 0 Å². The molecular formula is C58H102N12O13. The normalized spacial score (nSPS) is 18.6. The predicted molar refractivity (Wildman–Crippen MR) is 312 cm³/mol. The summed E-state index contributed by atoms with van der Waals surface area (Å²) < 4.78 is 0. The van der Waals surface area contributed by atoms with E-state index in [9.17, 15) is 62.6 Å². The van der Waals surface area contributed by atoms with Crippen molar-refractivity contribution in [1.82, 2.24) is 57.7 Å². The number of rotatable bonds is 32. The Labute approximate surface area is 491 Å². The maximum Gasteiger partial charge on any atom is 0.248 e. The van der Waals surface area contributed by atoms with Crippen molar-refractivity contribution in [3.63, 3.8) is 0 Å². The van der Waals surface area contributed by atoms with Gasteiger partial charge in [-0.15, -0.1) is 0 Å². The Bertz CT molecular complexity index is 2320. The molecule has 0 bridgehead atoms. The predicted octanol–water partition coefficient (Wildman–Crippen LogP) is 0.680. The molecule has 0 spiro atoms. The quantitative estimate of drug-likeness (QED) is 0.0442. The van der Waals surface area contributed by atoms with Crippen molar-refractivity contribution in [3.05, 3.63) is 0 Å². The first-order valence-corrected chi connectivity index (χ1v) is 29.6. The zero-order chi connectivity index (χ0) is 63.6. The van der Waals surface area contributed by atoms with Gasteiger partial charge in [0, 0.05) is 20.0 Å². The molecule has 0 unspecified atom stereocenters. The number of likely N-dealkylation sites (tertiary alicyclic amines) is 2. The third-order valence-electron chi connectivity index (χ3n) is 15.2. The molecule has 83 heavy (non-hydrogen) atoms. The lowest BCUT2D eigenvalue weighted by molar-refractivity contribution is -0.146. The fourth-order valence-electron chi connectivity index (χ4n) is 10.3. The van der Waals surface area contributed by atoms with Gasteiger partial charge in [-0.1, -0.05) is 82.1 Å². The molecule has 0 aliphatic carbocycles. The van der Waals surface area contributed by atoms with E-state index in [0.29, 0.717) is 38.5 Å². The number of hydrogen-bond donors (Lipinski definition) is 11. The Kier molecular flexibility index (Phi) is 28.1. The van der Waals surface area contributed by atoms with Gasteiger partial charge in [0.05, 0.1) is 19.1 Å². The molecule has 0 aromatic carbocycles. The molecule has 0 saturated carbocycles. The van der Waals surface area contributed by atoms with Gasteiger partial charge in [-0.3, -0.25) is 57.5 Å². The summed E-state index contributed by atoms with van der Waals surface area (Å²) >= 11 is 0. The molecular weight excluding hydrogens is 1070 g/mol. The molecule has 12 N–H and O–H groups in total. The van der Waals surface area contributed by atoms with Gasteiger partial charge in [-0.2, -0.15) is 0 Å². The zero-order valence-electron chi connectivity index (χ0n) is 52.5. The highest BCUT2D eigenvalue weighted by Crippen LogP contribution is 2.25. The summed E-state index contributed by atoms with van der Waals surface area (Å²) in [6.07, 6.45) is 2.58. The standard InChI is InChI=1S/C58H102N12O13/c1-18-34(9)44(64-47(75)40(29-43(59)73)63-53(81)56(12,13)66-36(11)72)51(79)65-45(35(10)19-2)52(80)68-58(16,17)55(83)70-25-21-23-42(70)50(78)62-38(27-32(5)6)46(74)61-39(28-33(7)8)48(76)67-57(14,15)54(82)69-24-20-22-41(69)49(77)60-37(30-71)26-31(3)4/h31-35,37-42,44-45,71H,18-30H2,1-17H3,(H2,59,73)(H,60,77)(H,61,74)(H,62,78)(H,63,81)(H,64,75)(H,65,79)(H,66,72)(H,67,76)(H,68,80)/t34-,35-,37-,38-,39-,40-,41-,42-,44-,45-/m0/s1. The molecule has 2 rings (SSSR count). The van der Waals surface area contributed by atoms with Crippen molar-refractivity contribution in [3.8, 4) is 0 Å². The number of primary amides is 1. The number of nitrogens with one attached hydrogen (secondary N) is 9. The lowest BCUT2D eigenvalue weighted by Gasteiger charge is -2.36. The van der Waals surface area contributed by atoms with Crippen LogP contribution in [0.3, 0.4) is 0 Å². The molecule has 2 aliphatic heterocycles. The van der Waals surface area contributed by atoms with E-state index in [1.165, 1.54) is 58.3 Å². The first-order valence-electron chi connectivity index (χ1n) is 29.6. The number of aliphatic hydroxyl groups is 1. The zero-order valence-corrected chi connectivity index (χ0v) is 52.5. The summed E-state index contributed by atoms with van der Waals surface area (Å²) in [5.41, 5.74) is 0.771. The molecule has 25 heteroatoms. The van der Waals surface area contributed by atoms with E-state index in [4.69, 9.17) is 5.73 Å². The van der Waals surface area contributed by atoms with Gasteiger partial charge in [0.25, 0.3) is 0 Å². The van der Waals surface area contributed by atoms with Crippen LogP contribution in [0, 0.1) is 29.6 Å². The smallest absolute Gasteiger partial charge is 0.248 e. The van der Waals surface area contributed by atoms with Crippen LogP contribution in [-0.2, 0) is 57.5 Å². The SMILES string of the molecule is CC[C@H](C)[C@H](NC(=O)[C@H](CC(N)=O)NC(=O)C(C)(C)NC(C)=O)C(=O)N[C@H](C(=O)NC(C)(C)C(=O)N1CCC[C@H]1C(=O)N[C@@H](CC(C)C)C(=O)N[C@@H](CC(C)C)C(=O)NC(C)(C)C(=O)N1CCC[C@H]1C(=O)N[C@H](CO)CC(C)C)[C@@H](C)CC. The van der Waals surface area contributed by atoms with E-state index in [1.54, 1.807) is 27.7 Å². The fourth-order valence-corrected chi connectivity index (χ4v) is 10.3. The Morgan fingerprint density at radius 3 is 1.34 bits per heavy atom. The second kappa shape index (κ2) is 32.0. The molecule has 2 saturated heterocycles. The van der Waals surface area contributed by atoms with Gasteiger partial charge in [0.1, 0.15) is 58.9 Å². The Hall–Kier alpha value is -6.40. The highest BCUT2D eigenvalue weighted by molar-refractivity contribution is 6.01. The summed E-state index contributed by atoms with van der Waals surface area (Å²) in [5, 5.41) is 34.3. The third-order valence-corrected chi connectivity index (χ3v) is 15.2. The Morgan fingerprint density at radius 2 is 0.916 bits per heavy atom. The van der Waals surface area contributed by atoms with Crippen molar-refractivity contribution in [1.29, 1.82) is 0 Å². The average Bonchev–Trinajstić information content (AvgIpc) is 4.10. The largest absolute Gasteiger partial charge is 0.394 e. The summed E-state index contributed by atoms with van der Waals surface area (Å²) in [5.74, 6) is -9.23. The van der Waals surface area contributed by atoms with E-state index in [2.05, 4.69) is 47.9 Å². The van der Waals surface area contributed by atoms with Crippen molar-refractivity contribution in [2.45, 2.75) is 247 Å². The molecule has 0 aromatic rings. The van der Waals surface area contributed by atoms with Crippen molar-refractivity contribution in [2.24, 2.45) is 35.3 Å². The highest BCUT2D eigenvalue weighted by atomic mass is 16.3. The van der Waals surface area contributed by atoms with Crippen LogP contribution in [0.2, 0.25) is 0 Å². The van der Waals surface area contributed by atoms with Crippen LogP contribution in [0.4, 0.5) is 0 Å². The number of nitrogens with two attached hydrogens (primary N) is 1. The van der Waals surface area contributed by atoms with Crippen LogP contribution in [0.25, 0.3) is 0 Å². The lowest BCUT2D eigenvalue weighted by atomic mass is 9.93. The van der Waals surface area contributed by atoms with Crippen LogP contribution in [0.15, 0.2) is 0 Å². The minimum atomic E-state index is -1.66. The molecule has 12 amide bonds. The van der Waals surface area contributed by atoms with Gasteiger partial charge in [-0.25, -0.2) is 0 Å². The maximum atomic E-state index is 14.5. The molecule has 0 aromatic heterocycles. The van der Waals surface area contributed by atoms with E-state index in [-0.39, 0.29) is 62.6 Å². The Balaban J connectivity index is 2.32. The molecule has 10 atom stereocenters. The van der Waals surface area contributed by atoms with E-state index < -0.39 is 148 Å². The number of aliphatic hydroxyl groups excluding tert-OH is 1. The minimum absolute atomic E-state index is 0.110. The number of nitrogens with zero attached hydrogens (tertiary/aromatic N) is 2. The lowest BCUT2D eigenvalue weighted by Crippen LogP contribution is -2.64. The van der Waals surface area contributed by atoms with Gasteiger partial charge >= 0.3 is 0 Å². The molecule has 25 nitrogen and oxygen atoms in total. The Morgan fingerprint density at radius 1 is 0.506 bits per heavy atom. The molecule has 472 valence electrons. The maximum absolute atomic E-state index is 14.5. The van der Waals surface area contributed by atoms with Crippen LogP contribution < -0.4 is 53.6 Å². The van der Waals surface area contributed by atoms with Crippen LogP contribution in [-0.4, -0.2) is 170 Å². The van der Waals surface area contributed by atoms with Crippen molar-refractivity contribution >= 4 is 70.9 Å². The van der Waals surface area contributed by atoms with Crippen LogP contribution >= 0.6 is 0 Å². The monoisotopic (exact) mass is 1170 g/mol. The van der Waals surface area contributed by atoms with E-state index >= 15 is 0 Å². The summed E-state index contributed by atoms with van der Waals surface area (Å²) in [6, 6.07) is -8.73. The number of carbonyl (C=O) groups is 12. The molecule has 2 heterocycles. The van der Waals surface area contributed by atoms with Crippen LogP contribution in [0.1, 0.15) is 182 Å². The minimum Gasteiger partial charge on any atom is -0.394 e. The number of hydrogen-bond acceptors (Lipinski definition) is 13. The highest BCUT2D eigenvalue weighted by Gasteiger charge is 2.46. The second-order valence-electron chi connectivity index (χ2n) is 25.7. The summed E-state index contributed by atoms with van der Waals surface area (Å²) in [4.78, 5) is 167. The summed E-state index contributed by atoms with van der Waals surface area (Å²) in [7, 11) is 0.